The van der Waals surface area contributed by atoms with Crippen LogP contribution in [0.25, 0.3) is 0 Å². The molecule has 0 saturated heterocycles. The number of methoxy groups -OCH3 is 1. The average molecular weight is 681 g/mol. The number of rotatable bonds is 28. The smallest absolute Gasteiger partial charge is 0.426 e. The standard InChI is InChI=1S/C32H47ClN5O9/c1-40-16-17-41-18-19-42-20-21-43-22-23-44-24-25-46-32(47-27-39)37-13-10-29(11-14-37)38(31(35)36-26-34)12-4-2-3-5-15-45-30-8-6-28(33)7-9-30/h6-11,13-14,27,32H,2-5,12,15-25H2,1H3,(H2,35,36)/q+1. The third-order valence-corrected chi connectivity index (χ3v) is 6.65. The number of anilines is 1. The van der Waals surface area contributed by atoms with Crippen LogP contribution >= 0.6 is 11.6 Å². The number of benzene rings is 1. The molecule has 1 heterocycles. The van der Waals surface area contributed by atoms with Crippen molar-refractivity contribution in [3.63, 3.8) is 0 Å². The van der Waals surface area contributed by atoms with E-state index in [0.717, 1.165) is 37.1 Å². The van der Waals surface area contributed by atoms with Crippen molar-refractivity contribution in [2.75, 3.05) is 91.2 Å². The maximum Gasteiger partial charge on any atom is 0.426 e. The number of nitriles is 1. The second-order valence-electron chi connectivity index (χ2n) is 9.79. The van der Waals surface area contributed by atoms with Gasteiger partial charge in [0.15, 0.2) is 12.4 Å². The summed E-state index contributed by atoms with van der Waals surface area (Å²) in [6.45, 7) is 5.76. The summed E-state index contributed by atoms with van der Waals surface area (Å²) in [5.41, 5.74) is 6.82. The van der Waals surface area contributed by atoms with Crippen LogP contribution in [0.4, 0.5) is 5.69 Å². The number of ether oxygens (including phenoxy) is 8. The fraction of sp³-hybridized carbons (Fsp3) is 0.562. The van der Waals surface area contributed by atoms with Gasteiger partial charge in [-0.2, -0.15) is 5.26 Å². The molecule has 15 heteroatoms. The normalized spacial score (nSPS) is 12.0. The number of hydrogen-bond acceptors (Lipinski definition) is 11. The molecular weight excluding hydrogens is 634 g/mol. The molecule has 1 aromatic carbocycles. The Morgan fingerprint density at radius 2 is 1.45 bits per heavy atom. The van der Waals surface area contributed by atoms with E-state index < -0.39 is 6.41 Å². The molecule has 0 radical (unpaired) electrons. The number of nitrogens with zero attached hydrogens (tertiary/aromatic N) is 4. The molecule has 2 N–H and O–H groups in total. The van der Waals surface area contributed by atoms with E-state index in [9.17, 15) is 4.79 Å². The van der Waals surface area contributed by atoms with Gasteiger partial charge in [0, 0.05) is 30.8 Å². The number of carbonyl (C=O) groups excluding carboxylic acids is 1. The number of aromatic nitrogens is 1. The van der Waals surface area contributed by atoms with Gasteiger partial charge in [-0.3, -0.25) is 9.53 Å². The zero-order valence-electron chi connectivity index (χ0n) is 27.0. The first-order chi connectivity index (χ1) is 23.1. The molecule has 0 aliphatic carbocycles. The van der Waals surface area contributed by atoms with Crippen molar-refractivity contribution in [1.82, 2.24) is 0 Å². The van der Waals surface area contributed by atoms with Crippen molar-refractivity contribution in [3.05, 3.63) is 53.8 Å². The van der Waals surface area contributed by atoms with E-state index in [-0.39, 0.29) is 19.2 Å². The summed E-state index contributed by atoms with van der Waals surface area (Å²) in [7, 11) is 1.63. The molecule has 0 amide bonds. The maximum atomic E-state index is 11.1. The van der Waals surface area contributed by atoms with Gasteiger partial charge in [-0.25, -0.2) is 0 Å². The van der Waals surface area contributed by atoms with E-state index in [2.05, 4.69) is 4.99 Å². The zero-order valence-corrected chi connectivity index (χ0v) is 27.8. The van der Waals surface area contributed by atoms with E-state index in [1.807, 2.05) is 12.1 Å². The summed E-state index contributed by atoms with van der Waals surface area (Å²) in [6.07, 6.45) is 7.74. The lowest BCUT2D eigenvalue weighted by Crippen LogP contribution is -2.43. The highest BCUT2D eigenvalue weighted by atomic mass is 35.5. The lowest BCUT2D eigenvalue weighted by molar-refractivity contribution is -0.799. The second-order valence-corrected chi connectivity index (χ2v) is 10.2. The van der Waals surface area contributed by atoms with Gasteiger partial charge in [-0.1, -0.05) is 24.4 Å². The van der Waals surface area contributed by atoms with Crippen LogP contribution in [-0.4, -0.2) is 98.8 Å². The topological polar surface area (TPSA) is 160 Å². The van der Waals surface area contributed by atoms with Gasteiger partial charge >= 0.3 is 6.41 Å². The maximum absolute atomic E-state index is 11.1. The van der Waals surface area contributed by atoms with Crippen LogP contribution in [0.2, 0.25) is 5.02 Å². The Bertz CT molecular complexity index is 1150. The van der Waals surface area contributed by atoms with Gasteiger partial charge in [0.2, 0.25) is 12.2 Å². The quantitative estimate of drug-likeness (QED) is 0.0266. The Kier molecular flexibility index (Phi) is 22.4. The minimum atomic E-state index is -0.995. The van der Waals surface area contributed by atoms with E-state index in [0.29, 0.717) is 77.5 Å². The minimum absolute atomic E-state index is 0.0882. The number of unbranched alkanes of at least 4 members (excludes halogenated alkanes) is 3. The van der Waals surface area contributed by atoms with Gasteiger partial charge in [0.25, 0.3) is 6.47 Å². The minimum Gasteiger partial charge on any atom is -0.494 e. The van der Waals surface area contributed by atoms with E-state index >= 15 is 0 Å². The summed E-state index contributed by atoms with van der Waals surface area (Å²) < 4.78 is 44.7. The number of guanidine groups is 1. The van der Waals surface area contributed by atoms with Crippen molar-refractivity contribution in [3.8, 4) is 11.9 Å². The first kappa shape index (κ1) is 39.6. The molecule has 0 aliphatic heterocycles. The average Bonchev–Trinajstić information content (AvgIpc) is 3.08. The van der Waals surface area contributed by atoms with Crippen LogP contribution in [0.5, 0.6) is 5.75 Å². The summed E-state index contributed by atoms with van der Waals surface area (Å²) in [4.78, 5) is 16.6. The first-order valence-corrected chi connectivity index (χ1v) is 15.9. The predicted molar refractivity (Wildman–Crippen MR) is 174 cm³/mol. The van der Waals surface area contributed by atoms with Crippen molar-refractivity contribution >= 4 is 29.7 Å². The van der Waals surface area contributed by atoms with Crippen molar-refractivity contribution in [2.45, 2.75) is 32.1 Å². The van der Waals surface area contributed by atoms with Gasteiger partial charge in [0.05, 0.1) is 78.4 Å². The molecular formula is C32H47ClN5O9+. The highest BCUT2D eigenvalue weighted by Gasteiger charge is 2.21. The molecule has 0 fully saturated rings. The summed E-state index contributed by atoms with van der Waals surface area (Å²) in [5.74, 6) is 0.878. The largest absolute Gasteiger partial charge is 0.494 e. The van der Waals surface area contributed by atoms with Crippen molar-refractivity contribution in [1.29, 1.82) is 5.26 Å². The van der Waals surface area contributed by atoms with E-state index in [1.54, 1.807) is 59.4 Å². The fourth-order valence-electron chi connectivity index (χ4n) is 4.04. The molecule has 1 aromatic heterocycles. The number of pyridine rings is 1. The number of nitrogens with two attached hydrogens (primary N) is 1. The highest BCUT2D eigenvalue weighted by molar-refractivity contribution is 6.30. The monoisotopic (exact) mass is 680 g/mol. The zero-order chi connectivity index (χ0) is 33.8. The number of halogens is 1. The molecule has 1 unspecified atom stereocenters. The van der Waals surface area contributed by atoms with Gasteiger partial charge in [-0.15, -0.1) is 9.56 Å². The Hall–Kier alpha value is -3.55. The highest BCUT2D eigenvalue weighted by Crippen LogP contribution is 2.17. The van der Waals surface area contributed by atoms with Crippen molar-refractivity contribution in [2.24, 2.45) is 10.7 Å². The van der Waals surface area contributed by atoms with Crippen LogP contribution in [0.3, 0.4) is 0 Å². The lowest BCUT2D eigenvalue weighted by Gasteiger charge is -2.22. The molecule has 2 rings (SSSR count). The molecule has 2 aromatic rings. The molecule has 0 spiro atoms. The molecule has 0 aliphatic rings. The van der Waals surface area contributed by atoms with Crippen molar-refractivity contribution < 1.29 is 47.3 Å². The third-order valence-electron chi connectivity index (χ3n) is 6.40. The van der Waals surface area contributed by atoms with E-state index in [4.69, 9.17) is 60.5 Å². The third kappa shape index (κ3) is 18.4. The number of hydrogen-bond donors (Lipinski definition) is 1. The van der Waals surface area contributed by atoms with Gasteiger partial charge in [0.1, 0.15) is 5.75 Å². The summed E-state index contributed by atoms with van der Waals surface area (Å²) in [6, 6.07) is 10.8. The molecule has 260 valence electrons. The Balaban J connectivity index is 1.67. The SMILES string of the molecule is COCCOCCOCCOCCOCCOC(OC=O)[n+]1ccc(N(CCCCCCOc2ccc(Cl)cc2)C(N)=NC#N)cc1. The number of carbonyl (C=O) groups is 1. The molecule has 0 saturated carbocycles. The molecule has 1 atom stereocenters. The Morgan fingerprint density at radius 3 is 2.02 bits per heavy atom. The Labute approximate surface area is 281 Å². The van der Waals surface area contributed by atoms with Crippen LogP contribution in [0, 0.1) is 11.5 Å². The molecule has 47 heavy (non-hydrogen) atoms. The van der Waals surface area contributed by atoms with Gasteiger partial charge in [-0.05, 0) is 37.1 Å². The van der Waals surface area contributed by atoms with Crippen LogP contribution < -0.4 is 19.9 Å². The van der Waals surface area contributed by atoms with Gasteiger partial charge < -0.3 is 43.8 Å². The molecule has 14 nitrogen and oxygen atoms in total. The summed E-state index contributed by atoms with van der Waals surface area (Å²) >= 11 is 5.90. The first-order valence-electron chi connectivity index (χ1n) is 15.5. The van der Waals surface area contributed by atoms with E-state index in [1.165, 1.54) is 0 Å². The fourth-order valence-corrected chi connectivity index (χ4v) is 4.17. The van der Waals surface area contributed by atoms with Crippen LogP contribution in [0.1, 0.15) is 32.1 Å². The number of aliphatic imine (C=N–C) groups is 1. The molecule has 0 bridgehead atoms. The van der Waals surface area contributed by atoms with Crippen LogP contribution in [0.15, 0.2) is 53.8 Å². The Morgan fingerprint density at radius 1 is 0.872 bits per heavy atom. The lowest BCUT2D eigenvalue weighted by atomic mass is 10.2. The van der Waals surface area contributed by atoms with Crippen LogP contribution in [-0.2, 0) is 38.0 Å². The summed E-state index contributed by atoms with van der Waals surface area (Å²) in [5, 5.41) is 9.73. The predicted octanol–water partition coefficient (Wildman–Crippen LogP) is 3.23. The second kappa shape index (κ2) is 26.5.